The molecule has 1 aromatic carbocycles. The molecule has 0 bridgehead atoms. The fraction of sp³-hybridized carbons (Fsp3) is 0.462. The third kappa shape index (κ3) is 5.56. The summed E-state index contributed by atoms with van der Waals surface area (Å²) in [5.41, 5.74) is -0.556. The Morgan fingerprint density at radius 2 is 2.09 bits per heavy atom. The van der Waals surface area contributed by atoms with Crippen LogP contribution < -0.4 is 4.72 Å². The third-order valence-electron chi connectivity index (χ3n) is 2.78. The molecule has 0 unspecified atom stereocenters. The van der Waals surface area contributed by atoms with Crippen molar-refractivity contribution >= 4 is 37.6 Å². The summed E-state index contributed by atoms with van der Waals surface area (Å²) in [6.45, 7) is 1.98. The lowest BCUT2D eigenvalue weighted by Crippen LogP contribution is -2.42. The highest BCUT2D eigenvalue weighted by molar-refractivity contribution is 9.09. The topological polar surface area (TPSA) is 116 Å². The van der Waals surface area contributed by atoms with Crippen LogP contribution in [-0.4, -0.2) is 37.3 Å². The van der Waals surface area contributed by atoms with Gasteiger partial charge in [0.05, 0.1) is 11.5 Å². The summed E-state index contributed by atoms with van der Waals surface area (Å²) in [6, 6.07) is 3.82. The van der Waals surface area contributed by atoms with Gasteiger partial charge in [-0.15, -0.1) is 0 Å². The normalized spacial score (nSPS) is 12.6. The van der Waals surface area contributed by atoms with Crippen LogP contribution >= 0.6 is 15.9 Å². The molecule has 0 fully saturated rings. The first-order valence-corrected chi connectivity index (χ1v) is 9.42. The summed E-state index contributed by atoms with van der Waals surface area (Å²) in [6.07, 6.45) is 0.756. The lowest BCUT2D eigenvalue weighted by molar-refractivity contribution is -0.387. The van der Waals surface area contributed by atoms with E-state index < -0.39 is 37.5 Å². The Labute approximate surface area is 142 Å². The fourth-order valence-corrected chi connectivity index (χ4v) is 3.57. The quantitative estimate of drug-likeness (QED) is 0.289. The largest absolute Gasteiger partial charge is 0.465 e. The molecule has 0 heterocycles. The van der Waals surface area contributed by atoms with Crippen LogP contribution in [0, 0.1) is 10.1 Å². The van der Waals surface area contributed by atoms with Crippen LogP contribution in [0.4, 0.5) is 5.69 Å². The Balaban J connectivity index is 3.07. The van der Waals surface area contributed by atoms with E-state index in [1.54, 1.807) is 0 Å². The van der Waals surface area contributed by atoms with Crippen molar-refractivity contribution in [2.75, 3.05) is 11.9 Å². The van der Waals surface area contributed by atoms with Crippen LogP contribution in [-0.2, 0) is 19.6 Å². The number of nitro benzene ring substituents is 1. The molecular weight excluding hydrogens is 392 g/mol. The molecule has 0 aliphatic rings. The van der Waals surface area contributed by atoms with E-state index in [9.17, 15) is 23.3 Å². The highest BCUT2D eigenvalue weighted by atomic mass is 79.9. The molecular formula is C13H17BrN2O6S. The molecule has 0 aromatic heterocycles. The number of esters is 1. The van der Waals surface area contributed by atoms with Gasteiger partial charge in [-0.1, -0.05) is 35.0 Å². The van der Waals surface area contributed by atoms with Crippen molar-refractivity contribution in [2.24, 2.45) is 0 Å². The molecule has 0 amide bonds. The molecule has 0 radical (unpaired) electrons. The number of alkyl halides is 1. The predicted octanol–water partition coefficient (Wildman–Crippen LogP) is 1.98. The van der Waals surface area contributed by atoms with Crippen LogP contribution in [0.2, 0.25) is 0 Å². The zero-order chi connectivity index (χ0) is 17.5. The zero-order valence-corrected chi connectivity index (χ0v) is 14.8. The summed E-state index contributed by atoms with van der Waals surface area (Å²) >= 11 is 3.14. The van der Waals surface area contributed by atoms with Crippen LogP contribution in [0.5, 0.6) is 0 Å². The monoisotopic (exact) mass is 408 g/mol. The molecule has 10 heteroatoms. The standard InChI is InChI=1S/C13H17BrN2O6S/c1-2-9-22-13(17)10(7-8-14)15-23(20,21)12-6-4-3-5-11(12)16(18)19/h3-6,10,15H,2,7-9H2,1H3/t10-/m0/s1. The highest BCUT2D eigenvalue weighted by Crippen LogP contribution is 2.23. The smallest absolute Gasteiger partial charge is 0.324 e. The number of benzene rings is 1. The van der Waals surface area contributed by atoms with Gasteiger partial charge < -0.3 is 4.74 Å². The van der Waals surface area contributed by atoms with E-state index >= 15 is 0 Å². The highest BCUT2D eigenvalue weighted by Gasteiger charge is 2.30. The number of ether oxygens (including phenoxy) is 1. The summed E-state index contributed by atoms with van der Waals surface area (Å²) in [7, 11) is -4.24. The maximum atomic E-state index is 12.4. The van der Waals surface area contributed by atoms with E-state index in [0.29, 0.717) is 11.8 Å². The number of hydrogen-bond acceptors (Lipinski definition) is 6. The molecule has 0 aliphatic carbocycles. The average Bonchev–Trinajstić information content (AvgIpc) is 2.52. The number of carbonyl (C=O) groups excluding carboxylic acids is 1. The summed E-state index contributed by atoms with van der Waals surface area (Å²) < 4.78 is 31.9. The van der Waals surface area contributed by atoms with Gasteiger partial charge in [0, 0.05) is 11.4 Å². The van der Waals surface area contributed by atoms with Crippen LogP contribution in [0.3, 0.4) is 0 Å². The van der Waals surface area contributed by atoms with Gasteiger partial charge in [0.25, 0.3) is 5.69 Å². The van der Waals surface area contributed by atoms with E-state index in [-0.39, 0.29) is 13.0 Å². The number of nitrogens with zero attached hydrogens (tertiary/aromatic N) is 1. The maximum Gasteiger partial charge on any atom is 0.324 e. The fourth-order valence-electron chi connectivity index (χ4n) is 1.72. The van der Waals surface area contributed by atoms with E-state index in [1.807, 2.05) is 6.92 Å². The van der Waals surface area contributed by atoms with Gasteiger partial charge in [-0.25, -0.2) is 8.42 Å². The van der Waals surface area contributed by atoms with Gasteiger partial charge >= 0.3 is 5.97 Å². The second-order valence-corrected chi connectivity index (χ2v) is 7.02. The number of halogens is 1. The molecule has 128 valence electrons. The molecule has 0 aliphatic heterocycles. The summed E-state index contributed by atoms with van der Waals surface area (Å²) in [4.78, 5) is 21.6. The minimum atomic E-state index is -4.24. The Morgan fingerprint density at radius 1 is 1.43 bits per heavy atom. The van der Waals surface area contributed by atoms with Crippen molar-refractivity contribution in [1.82, 2.24) is 4.72 Å². The van der Waals surface area contributed by atoms with Crippen molar-refractivity contribution in [3.8, 4) is 0 Å². The van der Waals surface area contributed by atoms with Gasteiger partial charge in [-0.05, 0) is 18.9 Å². The first-order chi connectivity index (χ1) is 10.8. The molecule has 1 rings (SSSR count). The molecule has 8 nitrogen and oxygen atoms in total. The number of nitro groups is 1. The van der Waals surface area contributed by atoms with Gasteiger partial charge in [0.2, 0.25) is 10.0 Å². The molecule has 0 saturated heterocycles. The second kappa shape index (κ2) is 8.94. The Morgan fingerprint density at radius 3 is 2.65 bits per heavy atom. The molecule has 0 saturated carbocycles. The van der Waals surface area contributed by atoms with E-state index in [2.05, 4.69) is 20.7 Å². The minimum absolute atomic E-state index is 0.155. The zero-order valence-electron chi connectivity index (χ0n) is 12.4. The molecule has 23 heavy (non-hydrogen) atoms. The first-order valence-electron chi connectivity index (χ1n) is 6.81. The number of hydrogen-bond donors (Lipinski definition) is 1. The first kappa shape index (κ1) is 19.5. The predicted molar refractivity (Wildman–Crippen MR) is 86.9 cm³/mol. The van der Waals surface area contributed by atoms with Gasteiger partial charge in [-0.3, -0.25) is 14.9 Å². The summed E-state index contributed by atoms with van der Waals surface area (Å²) in [5, 5.41) is 11.3. The second-order valence-electron chi connectivity index (χ2n) is 4.54. The van der Waals surface area contributed by atoms with Crippen LogP contribution in [0.25, 0.3) is 0 Å². The Kier molecular flexibility index (Phi) is 7.59. The summed E-state index contributed by atoms with van der Waals surface area (Å²) in [5.74, 6) is -0.714. The lowest BCUT2D eigenvalue weighted by Gasteiger charge is -2.16. The number of carbonyl (C=O) groups is 1. The Bertz CT molecular complexity index is 664. The van der Waals surface area contributed by atoms with Gasteiger partial charge in [0.1, 0.15) is 6.04 Å². The number of sulfonamides is 1. The van der Waals surface area contributed by atoms with Crippen molar-refractivity contribution in [3.05, 3.63) is 34.4 Å². The van der Waals surface area contributed by atoms with E-state index in [1.165, 1.54) is 12.1 Å². The van der Waals surface area contributed by atoms with Crippen LogP contribution in [0.15, 0.2) is 29.2 Å². The molecule has 0 spiro atoms. The van der Waals surface area contributed by atoms with Crippen molar-refractivity contribution in [1.29, 1.82) is 0 Å². The van der Waals surface area contributed by atoms with Crippen LogP contribution in [0.1, 0.15) is 19.8 Å². The maximum absolute atomic E-state index is 12.4. The minimum Gasteiger partial charge on any atom is -0.465 e. The third-order valence-corrected chi connectivity index (χ3v) is 4.76. The van der Waals surface area contributed by atoms with E-state index in [4.69, 9.17) is 4.74 Å². The Hall–Kier alpha value is -1.52. The van der Waals surface area contributed by atoms with Crippen molar-refractivity contribution < 1.29 is 22.9 Å². The average molecular weight is 409 g/mol. The van der Waals surface area contributed by atoms with Gasteiger partial charge in [-0.2, -0.15) is 4.72 Å². The number of nitrogens with one attached hydrogen (secondary N) is 1. The molecule has 1 N–H and O–H groups in total. The number of rotatable bonds is 9. The number of para-hydroxylation sites is 1. The van der Waals surface area contributed by atoms with Gasteiger partial charge in [0.15, 0.2) is 4.90 Å². The van der Waals surface area contributed by atoms with Crippen molar-refractivity contribution in [2.45, 2.75) is 30.7 Å². The molecule has 1 atom stereocenters. The van der Waals surface area contributed by atoms with E-state index in [0.717, 1.165) is 12.1 Å². The molecule has 1 aromatic rings. The lowest BCUT2D eigenvalue weighted by atomic mass is 10.2. The SMILES string of the molecule is CCCOC(=O)[C@H](CCBr)NS(=O)(=O)c1ccccc1[N+](=O)[O-]. The van der Waals surface area contributed by atoms with Crippen molar-refractivity contribution in [3.63, 3.8) is 0 Å².